The van der Waals surface area contributed by atoms with Crippen LogP contribution in [0.15, 0.2) is 15.9 Å². The average molecular weight is 305 g/mol. The summed E-state index contributed by atoms with van der Waals surface area (Å²) < 4.78 is 1.10. The Morgan fingerprint density at radius 3 is 2.69 bits per heavy atom. The monoisotopic (exact) mass is 304 g/mol. The van der Waals surface area contributed by atoms with E-state index in [9.17, 15) is 4.79 Å². The molecule has 0 aliphatic heterocycles. The topological polar surface area (TPSA) is 32.3 Å². The van der Waals surface area contributed by atoms with E-state index in [0.717, 1.165) is 24.1 Å². The van der Waals surface area contributed by atoms with Gasteiger partial charge in [0.1, 0.15) is 0 Å². The van der Waals surface area contributed by atoms with Gasteiger partial charge >= 0.3 is 0 Å². The molecular formula is C11H17BrN2OS. The van der Waals surface area contributed by atoms with Crippen molar-refractivity contribution in [2.24, 2.45) is 0 Å². The van der Waals surface area contributed by atoms with Gasteiger partial charge in [-0.2, -0.15) is 0 Å². The molecule has 0 aliphatic rings. The molecule has 3 nitrogen and oxygen atoms in total. The van der Waals surface area contributed by atoms with E-state index in [4.69, 9.17) is 0 Å². The second-order valence-corrected chi connectivity index (χ2v) is 5.31. The maximum absolute atomic E-state index is 11.7. The number of carbonyl (C=O) groups excluding carboxylic acids is 1. The first-order valence-electron chi connectivity index (χ1n) is 5.38. The van der Waals surface area contributed by atoms with Crippen molar-refractivity contribution in [2.75, 3.05) is 19.6 Å². The van der Waals surface area contributed by atoms with Crippen molar-refractivity contribution in [3.8, 4) is 0 Å². The van der Waals surface area contributed by atoms with E-state index in [1.54, 1.807) is 11.3 Å². The van der Waals surface area contributed by atoms with Gasteiger partial charge in [-0.05, 0) is 35.8 Å². The van der Waals surface area contributed by atoms with E-state index in [1.807, 2.05) is 24.1 Å². The van der Waals surface area contributed by atoms with Crippen LogP contribution in [0.1, 0.15) is 18.7 Å². The van der Waals surface area contributed by atoms with Gasteiger partial charge in [0, 0.05) is 34.4 Å². The van der Waals surface area contributed by atoms with E-state index in [-0.39, 0.29) is 5.91 Å². The number of nitrogens with zero attached hydrogens (tertiary/aromatic N) is 1. The number of amides is 1. The molecule has 0 spiro atoms. The minimum atomic E-state index is 0.167. The molecule has 0 saturated carbocycles. The third-order valence-electron chi connectivity index (χ3n) is 2.31. The Morgan fingerprint density at radius 1 is 1.50 bits per heavy atom. The number of carbonyl (C=O) groups is 1. The lowest BCUT2D eigenvalue weighted by atomic mass is 10.4. The highest BCUT2D eigenvalue weighted by molar-refractivity contribution is 9.10. The summed E-state index contributed by atoms with van der Waals surface area (Å²) in [7, 11) is 0. The molecule has 1 aromatic heterocycles. The van der Waals surface area contributed by atoms with Crippen LogP contribution in [0.4, 0.5) is 0 Å². The summed E-state index contributed by atoms with van der Waals surface area (Å²) in [6.45, 7) is 6.72. The summed E-state index contributed by atoms with van der Waals surface area (Å²) in [6.07, 6.45) is 0. The minimum Gasteiger partial charge on any atom is -0.342 e. The van der Waals surface area contributed by atoms with Gasteiger partial charge in [-0.15, -0.1) is 11.3 Å². The zero-order valence-corrected chi connectivity index (χ0v) is 12.0. The van der Waals surface area contributed by atoms with Gasteiger partial charge in [0.25, 0.3) is 0 Å². The molecule has 1 aromatic rings. The van der Waals surface area contributed by atoms with Gasteiger partial charge < -0.3 is 10.2 Å². The predicted octanol–water partition coefficient (Wildman–Crippen LogP) is 2.47. The van der Waals surface area contributed by atoms with Gasteiger partial charge in [0.05, 0.1) is 6.54 Å². The van der Waals surface area contributed by atoms with Crippen LogP contribution in [0.2, 0.25) is 0 Å². The van der Waals surface area contributed by atoms with E-state index >= 15 is 0 Å². The molecule has 0 bridgehead atoms. The average Bonchev–Trinajstić information content (AvgIpc) is 2.66. The summed E-state index contributed by atoms with van der Waals surface area (Å²) in [4.78, 5) is 14.7. The fraction of sp³-hybridized carbons (Fsp3) is 0.545. The van der Waals surface area contributed by atoms with Gasteiger partial charge in [0.2, 0.25) is 5.91 Å². The van der Waals surface area contributed by atoms with E-state index in [1.165, 1.54) is 4.88 Å². The molecule has 0 fully saturated rings. The normalized spacial score (nSPS) is 10.4. The third-order valence-corrected chi connectivity index (χ3v) is 4.01. The largest absolute Gasteiger partial charge is 0.342 e. The number of likely N-dealkylation sites (N-methyl/N-ethyl adjacent to an activating group) is 1. The Bertz CT molecular complexity index is 336. The molecule has 1 N–H and O–H groups in total. The lowest BCUT2D eigenvalue weighted by Gasteiger charge is -2.18. The molecular weight excluding hydrogens is 288 g/mol. The van der Waals surface area contributed by atoms with Crippen LogP contribution in [0.25, 0.3) is 0 Å². The summed E-state index contributed by atoms with van der Waals surface area (Å²) in [5.74, 6) is 0.167. The smallest absolute Gasteiger partial charge is 0.236 e. The summed E-state index contributed by atoms with van der Waals surface area (Å²) >= 11 is 5.09. The Kier molecular flexibility index (Phi) is 6.01. The summed E-state index contributed by atoms with van der Waals surface area (Å²) in [6, 6.07) is 2.07. The maximum Gasteiger partial charge on any atom is 0.236 e. The Labute approximate surface area is 109 Å². The van der Waals surface area contributed by atoms with Gasteiger partial charge in [-0.3, -0.25) is 4.79 Å². The van der Waals surface area contributed by atoms with E-state index < -0.39 is 0 Å². The van der Waals surface area contributed by atoms with E-state index in [2.05, 4.69) is 27.3 Å². The first-order valence-corrected chi connectivity index (χ1v) is 7.06. The van der Waals surface area contributed by atoms with Crippen molar-refractivity contribution in [1.29, 1.82) is 0 Å². The lowest BCUT2D eigenvalue weighted by molar-refractivity contribution is -0.129. The highest BCUT2D eigenvalue weighted by Crippen LogP contribution is 2.19. The molecule has 0 atom stereocenters. The fourth-order valence-corrected chi connectivity index (χ4v) is 2.85. The molecule has 5 heteroatoms. The molecule has 0 aliphatic carbocycles. The molecule has 16 heavy (non-hydrogen) atoms. The first kappa shape index (κ1) is 13.7. The Balaban J connectivity index is 2.27. The summed E-state index contributed by atoms with van der Waals surface area (Å²) in [5.41, 5.74) is 0. The van der Waals surface area contributed by atoms with E-state index in [0.29, 0.717) is 6.54 Å². The predicted molar refractivity (Wildman–Crippen MR) is 71.7 cm³/mol. The van der Waals surface area contributed by atoms with Gasteiger partial charge in [-0.1, -0.05) is 0 Å². The van der Waals surface area contributed by atoms with Crippen molar-refractivity contribution in [3.05, 3.63) is 20.8 Å². The lowest BCUT2D eigenvalue weighted by Crippen LogP contribution is -2.37. The molecule has 0 saturated heterocycles. The molecule has 1 amide bonds. The van der Waals surface area contributed by atoms with Gasteiger partial charge in [-0.25, -0.2) is 0 Å². The van der Waals surface area contributed by atoms with Gasteiger partial charge in [0.15, 0.2) is 0 Å². The highest BCUT2D eigenvalue weighted by atomic mass is 79.9. The minimum absolute atomic E-state index is 0.167. The number of hydrogen-bond donors (Lipinski definition) is 1. The standard InChI is InChI=1S/C11H17BrN2OS/c1-3-14(4-2)11(15)7-13-6-10-5-9(12)8-16-10/h5,8,13H,3-4,6-7H2,1-2H3. The van der Waals surface area contributed by atoms with Crippen LogP contribution in [-0.4, -0.2) is 30.4 Å². The van der Waals surface area contributed by atoms with Crippen LogP contribution in [0.5, 0.6) is 0 Å². The van der Waals surface area contributed by atoms with Crippen LogP contribution in [0.3, 0.4) is 0 Å². The second kappa shape index (κ2) is 7.04. The SMILES string of the molecule is CCN(CC)C(=O)CNCc1cc(Br)cs1. The van der Waals surface area contributed by atoms with Crippen molar-refractivity contribution in [2.45, 2.75) is 20.4 Å². The molecule has 0 radical (unpaired) electrons. The molecule has 0 unspecified atom stereocenters. The number of nitrogens with one attached hydrogen (secondary N) is 1. The zero-order valence-electron chi connectivity index (χ0n) is 9.62. The van der Waals surface area contributed by atoms with Crippen molar-refractivity contribution >= 4 is 33.2 Å². The third kappa shape index (κ3) is 4.23. The number of rotatable bonds is 6. The number of hydrogen-bond acceptors (Lipinski definition) is 3. The molecule has 1 rings (SSSR count). The Hall–Kier alpha value is -0.390. The maximum atomic E-state index is 11.7. The first-order chi connectivity index (χ1) is 7.67. The van der Waals surface area contributed by atoms with Crippen molar-refractivity contribution in [1.82, 2.24) is 10.2 Å². The van der Waals surface area contributed by atoms with Crippen LogP contribution >= 0.6 is 27.3 Å². The Morgan fingerprint density at radius 2 is 2.19 bits per heavy atom. The number of halogens is 1. The number of thiophene rings is 1. The summed E-state index contributed by atoms with van der Waals surface area (Å²) in [5, 5.41) is 5.21. The second-order valence-electron chi connectivity index (χ2n) is 3.40. The molecule has 1 heterocycles. The quantitative estimate of drug-likeness (QED) is 0.875. The van der Waals surface area contributed by atoms with Crippen LogP contribution in [-0.2, 0) is 11.3 Å². The van der Waals surface area contributed by atoms with Crippen molar-refractivity contribution in [3.63, 3.8) is 0 Å². The highest BCUT2D eigenvalue weighted by Gasteiger charge is 2.08. The molecule has 0 aromatic carbocycles. The fourth-order valence-electron chi connectivity index (χ4n) is 1.43. The van der Waals surface area contributed by atoms with Crippen LogP contribution in [0, 0.1) is 0 Å². The molecule has 90 valence electrons. The van der Waals surface area contributed by atoms with Crippen molar-refractivity contribution < 1.29 is 4.79 Å². The van der Waals surface area contributed by atoms with Crippen LogP contribution < -0.4 is 5.32 Å². The zero-order chi connectivity index (χ0) is 12.0.